The molecule has 0 saturated heterocycles. The number of nitrogens with two attached hydrogens (primary N) is 1. The Labute approximate surface area is 112 Å². The predicted molar refractivity (Wildman–Crippen MR) is 73.0 cm³/mol. The van der Waals surface area contributed by atoms with Gasteiger partial charge in [-0.2, -0.15) is 0 Å². The van der Waals surface area contributed by atoms with Crippen molar-refractivity contribution in [2.75, 3.05) is 6.54 Å². The topological polar surface area (TPSA) is 87.7 Å². The maximum absolute atomic E-state index is 12.0. The normalized spacial score (nSPS) is 17.0. The lowest BCUT2D eigenvalue weighted by molar-refractivity contribution is -0.124. The van der Waals surface area contributed by atoms with Crippen molar-refractivity contribution >= 4 is 11.7 Å². The molecule has 102 valence electrons. The standard InChI is InChI=1S/C14H19N3O2/c1-10-4-2-3-5-11(10)6-9-16-13(18)14(7-8-14)12(15)17-19/h2-5,19H,6-9H2,1H3,(H2,15,17)(H,16,18). The van der Waals surface area contributed by atoms with E-state index in [1.165, 1.54) is 11.1 Å². The smallest absolute Gasteiger partial charge is 0.233 e. The van der Waals surface area contributed by atoms with Crippen molar-refractivity contribution in [1.29, 1.82) is 0 Å². The highest BCUT2D eigenvalue weighted by molar-refractivity contribution is 6.09. The van der Waals surface area contributed by atoms with E-state index in [4.69, 9.17) is 10.9 Å². The van der Waals surface area contributed by atoms with Crippen LogP contribution < -0.4 is 11.1 Å². The first-order valence-electron chi connectivity index (χ1n) is 6.41. The molecule has 0 bridgehead atoms. The molecule has 5 nitrogen and oxygen atoms in total. The Morgan fingerprint density at radius 1 is 1.47 bits per heavy atom. The van der Waals surface area contributed by atoms with Gasteiger partial charge in [0.2, 0.25) is 5.91 Å². The summed E-state index contributed by atoms with van der Waals surface area (Å²) in [6.45, 7) is 2.61. The zero-order valence-corrected chi connectivity index (χ0v) is 11.0. The van der Waals surface area contributed by atoms with Crippen LogP contribution in [0.25, 0.3) is 0 Å². The molecule has 1 fully saturated rings. The van der Waals surface area contributed by atoms with E-state index in [1.807, 2.05) is 12.1 Å². The van der Waals surface area contributed by atoms with Gasteiger partial charge < -0.3 is 16.3 Å². The molecule has 0 unspecified atom stereocenters. The Kier molecular flexibility index (Phi) is 3.74. The number of benzene rings is 1. The largest absolute Gasteiger partial charge is 0.409 e. The summed E-state index contributed by atoms with van der Waals surface area (Å²) in [6.07, 6.45) is 2.09. The third-order valence-electron chi connectivity index (χ3n) is 3.72. The van der Waals surface area contributed by atoms with Gasteiger partial charge in [-0.25, -0.2) is 0 Å². The summed E-state index contributed by atoms with van der Waals surface area (Å²) in [7, 11) is 0. The summed E-state index contributed by atoms with van der Waals surface area (Å²) >= 11 is 0. The molecule has 1 aliphatic rings. The first-order chi connectivity index (χ1) is 9.10. The number of amides is 1. The second-order valence-electron chi connectivity index (χ2n) is 5.00. The molecule has 1 amide bonds. The van der Waals surface area contributed by atoms with Gasteiger partial charge in [0.05, 0.1) is 0 Å². The van der Waals surface area contributed by atoms with Crippen molar-refractivity contribution in [3.8, 4) is 0 Å². The number of hydrogen-bond acceptors (Lipinski definition) is 3. The number of nitrogens with one attached hydrogen (secondary N) is 1. The number of carbonyl (C=O) groups is 1. The fraction of sp³-hybridized carbons (Fsp3) is 0.429. The summed E-state index contributed by atoms with van der Waals surface area (Å²) in [5, 5.41) is 14.5. The number of amidine groups is 1. The molecule has 0 aliphatic heterocycles. The van der Waals surface area contributed by atoms with Gasteiger partial charge in [-0.05, 0) is 37.3 Å². The predicted octanol–water partition coefficient (Wildman–Crippen LogP) is 1.18. The minimum Gasteiger partial charge on any atom is -0.409 e. The van der Waals surface area contributed by atoms with Crippen LogP contribution in [0.4, 0.5) is 0 Å². The molecule has 19 heavy (non-hydrogen) atoms. The van der Waals surface area contributed by atoms with Crippen molar-refractivity contribution in [3.05, 3.63) is 35.4 Å². The molecule has 0 aromatic heterocycles. The molecule has 1 aromatic carbocycles. The van der Waals surface area contributed by atoms with E-state index in [0.29, 0.717) is 19.4 Å². The Morgan fingerprint density at radius 2 is 2.16 bits per heavy atom. The summed E-state index contributed by atoms with van der Waals surface area (Å²) in [4.78, 5) is 12.0. The van der Waals surface area contributed by atoms with Crippen LogP contribution in [0.1, 0.15) is 24.0 Å². The van der Waals surface area contributed by atoms with Crippen molar-refractivity contribution in [3.63, 3.8) is 0 Å². The van der Waals surface area contributed by atoms with Crippen molar-refractivity contribution in [2.45, 2.75) is 26.2 Å². The van der Waals surface area contributed by atoms with Gasteiger partial charge in [-0.3, -0.25) is 4.79 Å². The van der Waals surface area contributed by atoms with Crippen molar-refractivity contribution < 1.29 is 10.0 Å². The molecule has 2 rings (SSSR count). The number of hydrogen-bond donors (Lipinski definition) is 3. The lowest BCUT2D eigenvalue weighted by Crippen LogP contribution is -2.41. The van der Waals surface area contributed by atoms with Gasteiger partial charge >= 0.3 is 0 Å². The highest BCUT2D eigenvalue weighted by Gasteiger charge is 2.54. The fourth-order valence-electron chi connectivity index (χ4n) is 2.19. The quantitative estimate of drug-likeness (QED) is 0.322. The molecular formula is C14H19N3O2. The van der Waals surface area contributed by atoms with Crippen LogP contribution in [-0.2, 0) is 11.2 Å². The van der Waals surface area contributed by atoms with Gasteiger partial charge in [0.25, 0.3) is 0 Å². The SMILES string of the molecule is Cc1ccccc1CCNC(=O)C1(/C(N)=N/O)CC1. The van der Waals surface area contributed by atoms with Crippen LogP contribution in [0.2, 0.25) is 0 Å². The second kappa shape index (κ2) is 5.30. The molecule has 4 N–H and O–H groups in total. The van der Waals surface area contributed by atoms with E-state index in [2.05, 4.69) is 29.5 Å². The molecule has 0 spiro atoms. The summed E-state index contributed by atoms with van der Waals surface area (Å²) in [5.74, 6) is -0.128. The Morgan fingerprint density at radius 3 is 2.74 bits per heavy atom. The van der Waals surface area contributed by atoms with Crippen LogP contribution in [0.3, 0.4) is 0 Å². The maximum atomic E-state index is 12.0. The van der Waals surface area contributed by atoms with E-state index in [0.717, 1.165) is 6.42 Å². The second-order valence-corrected chi connectivity index (χ2v) is 5.00. The third kappa shape index (κ3) is 2.70. The van der Waals surface area contributed by atoms with Crippen LogP contribution in [0.15, 0.2) is 29.4 Å². The lowest BCUT2D eigenvalue weighted by Gasteiger charge is -2.14. The zero-order valence-electron chi connectivity index (χ0n) is 11.0. The monoisotopic (exact) mass is 261 g/mol. The average molecular weight is 261 g/mol. The number of oxime groups is 1. The molecular weight excluding hydrogens is 242 g/mol. The third-order valence-corrected chi connectivity index (χ3v) is 3.72. The maximum Gasteiger partial charge on any atom is 0.233 e. The Balaban J connectivity index is 1.87. The van der Waals surface area contributed by atoms with Crippen LogP contribution in [0, 0.1) is 12.3 Å². The first kappa shape index (κ1) is 13.4. The molecule has 5 heteroatoms. The highest BCUT2D eigenvalue weighted by Crippen LogP contribution is 2.45. The first-order valence-corrected chi connectivity index (χ1v) is 6.41. The van der Waals surface area contributed by atoms with Gasteiger partial charge in [-0.15, -0.1) is 0 Å². The summed E-state index contributed by atoms with van der Waals surface area (Å²) < 4.78 is 0. The van der Waals surface area contributed by atoms with E-state index >= 15 is 0 Å². The van der Waals surface area contributed by atoms with E-state index in [9.17, 15) is 4.79 Å². The van der Waals surface area contributed by atoms with E-state index in [1.54, 1.807) is 0 Å². The zero-order chi connectivity index (χ0) is 13.9. The van der Waals surface area contributed by atoms with Crippen LogP contribution in [-0.4, -0.2) is 23.5 Å². The molecule has 0 radical (unpaired) electrons. The number of rotatable bonds is 5. The molecule has 0 atom stereocenters. The average Bonchev–Trinajstić information content (AvgIpc) is 3.21. The minimum atomic E-state index is -0.763. The van der Waals surface area contributed by atoms with Gasteiger partial charge in [0, 0.05) is 6.54 Å². The Hall–Kier alpha value is -2.04. The number of nitrogens with zero attached hydrogens (tertiary/aromatic N) is 1. The van der Waals surface area contributed by atoms with Crippen molar-refractivity contribution in [2.24, 2.45) is 16.3 Å². The van der Waals surface area contributed by atoms with Crippen molar-refractivity contribution in [1.82, 2.24) is 5.32 Å². The van der Waals surface area contributed by atoms with Gasteiger partial charge in [-0.1, -0.05) is 29.4 Å². The number of aryl methyl sites for hydroxylation is 1. The fourth-order valence-corrected chi connectivity index (χ4v) is 2.19. The van der Waals surface area contributed by atoms with Gasteiger partial charge in [0.1, 0.15) is 5.41 Å². The summed E-state index contributed by atoms with van der Waals surface area (Å²) in [5.41, 5.74) is 7.23. The number of carbonyl (C=O) groups excluding carboxylic acids is 1. The molecule has 1 saturated carbocycles. The molecule has 0 heterocycles. The summed E-state index contributed by atoms with van der Waals surface area (Å²) in [6, 6.07) is 8.09. The van der Waals surface area contributed by atoms with Crippen LogP contribution >= 0.6 is 0 Å². The van der Waals surface area contributed by atoms with Crippen LogP contribution in [0.5, 0.6) is 0 Å². The van der Waals surface area contributed by atoms with E-state index in [-0.39, 0.29) is 11.7 Å². The Bertz CT molecular complexity index is 507. The lowest BCUT2D eigenvalue weighted by atomic mass is 10.0. The molecule has 1 aromatic rings. The minimum absolute atomic E-state index is 0.0147. The van der Waals surface area contributed by atoms with Gasteiger partial charge in [0.15, 0.2) is 5.84 Å². The van der Waals surface area contributed by atoms with E-state index < -0.39 is 5.41 Å². The highest BCUT2D eigenvalue weighted by atomic mass is 16.4. The molecule has 1 aliphatic carbocycles.